The Hall–Kier alpha value is -3.72. The number of sulfonamides is 1. The Balaban J connectivity index is 1.95. The van der Waals surface area contributed by atoms with Crippen LogP contribution in [0.15, 0.2) is 89.8 Å². The summed E-state index contributed by atoms with van der Waals surface area (Å²) in [6.45, 7) is 4.08. The third-order valence-electron chi connectivity index (χ3n) is 6.42. The van der Waals surface area contributed by atoms with Gasteiger partial charge in [0.2, 0.25) is 11.8 Å². The van der Waals surface area contributed by atoms with E-state index in [4.69, 9.17) is 0 Å². The summed E-state index contributed by atoms with van der Waals surface area (Å²) in [4.78, 5) is 28.4. The van der Waals surface area contributed by atoms with Gasteiger partial charge < -0.3 is 10.2 Å². The monoisotopic (exact) mass is 553 g/mol. The Morgan fingerprint density at radius 3 is 2.10 bits per heavy atom. The van der Waals surface area contributed by atoms with Gasteiger partial charge in [0, 0.05) is 13.1 Å². The molecule has 0 unspecified atom stereocenters. The van der Waals surface area contributed by atoms with Gasteiger partial charge in [-0.2, -0.15) is 0 Å². The molecule has 1 N–H and O–H groups in total. The Morgan fingerprint density at radius 1 is 0.897 bits per heavy atom. The molecule has 9 heteroatoms. The number of rotatable bonds is 14. The molecule has 3 aromatic carbocycles. The minimum absolute atomic E-state index is 0.138. The lowest BCUT2D eigenvalue weighted by molar-refractivity contribution is -0.139. The van der Waals surface area contributed by atoms with Crippen LogP contribution in [0, 0.1) is 5.82 Å². The summed E-state index contributed by atoms with van der Waals surface area (Å²) >= 11 is 0. The number of nitrogens with one attached hydrogen (secondary N) is 1. The van der Waals surface area contributed by atoms with Crippen LogP contribution in [0.3, 0.4) is 0 Å². The highest BCUT2D eigenvalue weighted by Gasteiger charge is 2.33. The van der Waals surface area contributed by atoms with E-state index in [1.165, 1.54) is 17.0 Å². The second kappa shape index (κ2) is 14.4. The molecule has 0 fully saturated rings. The molecule has 0 aliphatic carbocycles. The lowest BCUT2D eigenvalue weighted by Gasteiger charge is -2.33. The molecule has 3 rings (SSSR count). The Labute approximate surface area is 230 Å². The number of benzene rings is 3. The van der Waals surface area contributed by atoms with Crippen molar-refractivity contribution in [3.05, 3.63) is 96.3 Å². The van der Waals surface area contributed by atoms with Crippen LogP contribution in [-0.2, 0) is 26.0 Å². The highest BCUT2D eigenvalue weighted by atomic mass is 32.2. The van der Waals surface area contributed by atoms with E-state index < -0.39 is 34.3 Å². The predicted octanol–water partition coefficient (Wildman–Crippen LogP) is 4.79. The van der Waals surface area contributed by atoms with E-state index >= 15 is 0 Å². The van der Waals surface area contributed by atoms with E-state index in [-0.39, 0.29) is 17.3 Å². The number of anilines is 1. The maximum absolute atomic E-state index is 13.9. The Bertz CT molecular complexity index is 1300. The van der Waals surface area contributed by atoms with Crippen LogP contribution in [0.2, 0.25) is 0 Å². The van der Waals surface area contributed by atoms with Crippen molar-refractivity contribution in [3.8, 4) is 0 Å². The van der Waals surface area contributed by atoms with E-state index in [1.807, 2.05) is 44.2 Å². The van der Waals surface area contributed by atoms with Crippen LogP contribution < -0.4 is 9.62 Å². The molecule has 0 saturated carbocycles. The van der Waals surface area contributed by atoms with E-state index in [1.54, 1.807) is 30.3 Å². The normalized spacial score (nSPS) is 12.0. The quantitative estimate of drug-likeness (QED) is 0.291. The van der Waals surface area contributed by atoms with Crippen molar-refractivity contribution < 1.29 is 22.4 Å². The summed E-state index contributed by atoms with van der Waals surface area (Å²) in [6.07, 6.45) is 2.61. The molecule has 0 aliphatic rings. The van der Waals surface area contributed by atoms with Crippen molar-refractivity contribution >= 4 is 27.5 Å². The maximum atomic E-state index is 13.9. The van der Waals surface area contributed by atoms with Crippen LogP contribution in [0.5, 0.6) is 0 Å². The van der Waals surface area contributed by atoms with Crippen molar-refractivity contribution in [1.82, 2.24) is 10.2 Å². The molecule has 1 atom stereocenters. The molecule has 208 valence electrons. The van der Waals surface area contributed by atoms with Crippen LogP contribution >= 0.6 is 0 Å². The molecule has 3 aromatic rings. The summed E-state index contributed by atoms with van der Waals surface area (Å²) < 4.78 is 41.9. The molecule has 0 spiro atoms. The largest absolute Gasteiger partial charge is 0.354 e. The first-order valence-corrected chi connectivity index (χ1v) is 14.7. The number of unbranched alkanes of at least 4 members (excludes halogenated alkanes) is 1. The summed E-state index contributed by atoms with van der Waals surface area (Å²) in [7, 11) is -4.22. The standard InChI is InChI=1S/C30H36FN3O4S/c1-3-5-21-32-30(36)28(4-2)33(22-20-24-12-8-6-9-13-24)29(35)23-34(26-14-10-7-11-15-26)39(37,38)27-18-16-25(31)17-19-27/h6-19,28H,3-5,20-23H2,1-2H3,(H,32,36)/t28-/m0/s1. The summed E-state index contributed by atoms with van der Waals surface area (Å²) in [5, 5.41) is 2.91. The minimum Gasteiger partial charge on any atom is -0.354 e. The zero-order valence-corrected chi connectivity index (χ0v) is 23.2. The fourth-order valence-corrected chi connectivity index (χ4v) is 5.67. The molecule has 0 saturated heterocycles. The first-order valence-electron chi connectivity index (χ1n) is 13.2. The van der Waals surface area contributed by atoms with Crippen molar-refractivity contribution in [2.45, 2.75) is 50.5 Å². The SMILES string of the molecule is CCCCNC(=O)[C@H](CC)N(CCc1ccccc1)C(=O)CN(c1ccccc1)S(=O)(=O)c1ccc(F)cc1. The first kappa shape index (κ1) is 29.8. The van der Waals surface area contributed by atoms with Gasteiger partial charge in [-0.25, -0.2) is 12.8 Å². The van der Waals surface area contributed by atoms with Crippen molar-refractivity contribution in [3.63, 3.8) is 0 Å². The predicted molar refractivity (Wildman–Crippen MR) is 151 cm³/mol. The van der Waals surface area contributed by atoms with Gasteiger partial charge >= 0.3 is 0 Å². The summed E-state index contributed by atoms with van der Waals surface area (Å²) in [6, 6.07) is 21.6. The number of nitrogens with zero attached hydrogens (tertiary/aromatic N) is 2. The summed E-state index contributed by atoms with van der Waals surface area (Å²) in [5.41, 5.74) is 1.29. The fourth-order valence-electron chi connectivity index (χ4n) is 4.26. The van der Waals surface area contributed by atoms with Gasteiger partial charge in [-0.15, -0.1) is 0 Å². The second-order valence-corrected chi connectivity index (χ2v) is 11.1. The van der Waals surface area contributed by atoms with Gasteiger partial charge in [-0.3, -0.25) is 13.9 Å². The number of hydrogen-bond donors (Lipinski definition) is 1. The van der Waals surface area contributed by atoms with Crippen molar-refractivity contribution in [1.29, 1.82) is 0 Å². The zero-order valence-electron chi connectivity index (χ0n) is 22.4. The average Bonchev–Trinajstić information content (AvgIpc) is 2.95. The number of hydrogen-bond acceptors (Lipinski definition) is 4. The van der Waals surface area contributed by atoms with Gasteiger partial charge in [0.15, 0.2) is 0 Å². The molecule has 0 bridgehead atoms. The smallest absolute Gasteiger partial charge is 0.264 e. The molecule has 7 nitrogen and oxygen atoms in total. The van der Waals surface area contributed by atoms with Gasteiger partial charge in [0.25, 0.3) is 10.0 Å². The van der Waals surface area contributed by atoms with E-state index in [0.717, 1.165) is 34.8 Å². The van der Waals surface area contributed by atoms with E-state index in [9.17, 15) is 22.4 Å². The lowest BCUT2D eigenvalue weighted by Crippen LogP contribution is -2.53. The first-order chi connectivity index (χ1) is 18.8. The number of carbonyl (C=O) groups excluding carboxylic acids is 2. The second-order valence-electron chi connectivity index (χ2n) is 9.19. The third kappa shape index (κ3) is 8.13. The Morgan fingerprint density at radius 2 is 1.51 bits per heavy atom. The Kier molecular flexibility index (Phi) is 11.0. The van der Waals surface area contributed by atoms with Gasteiger partial charge in [-0.1, -0.05) is 68.8 Å². The molecule has 0 radical (unpaired) electrons. The number of carbonyl (C=O) groups is 2. The third-order valence-corrected chi connectivity index (χ3v) is 8.21. The zero-order chi connectivity index (χ0) is 28.3. The van der Waals surface area contributed by atoms with Crippen molar-refractivity contribution in [2.24, 2.45) is 0 Å². The molecular weight excluding hydrogens is 517 g/mol. The molecule has 0 aromatic heterocycles. The number of para-hydroxylation sites is 1. The average molecular weight is 554 g/mol. The highest BCUT2D eigenvalue weighted by Crippen LogP contribution is 2.24. The van der Waals surface area contributed by atoms with Gasteiger partial charge in [0.05, 0.1) is 10.6 Å². The van der Waals surface area contributed by atoms with Crippen LogP contribution in [0.4, 0.5) is 10.1 Å². The maximum Gasteiger partial charge on any atom is 0.264 e. The number of halogens is 1. The lowest BCUT2D eigenvalue weighted by atomic mass is 10.1. The topological polar surface area (TPSA) is 86.8 Å². The van der Waals surface area contributed by atoms with E-state index in [2.05, 4.69) is 5.32 Å². The fraction of sp³-hybridized carbons (Fsp3) is 0.333. The molecule has 39 heavy (non-hydrogen) atoms. The van der Waals surface area contributed by atoms with E-state index in [0.29, 0.717) is 25.1 Å². The number of amides is 2. The molecule has 0 aliphatic heterocycles. The van der Waals surface area contributed by atoms with Crippen LogP contribution in [-0.4, -0.2) is 50.8 Å². The van der Waals surface area contributed by atoms with Crippen LogP contribution in [0.25, 0.3) is 0 Å². The molecular formula is C30H36FN3O4S. The van der Waals surface area contributed by atoms with Crippen LogP contribution in [0.1, 0.15) is 38.7 Å². The minimum atomic E-state index is -4.22. The van der Waals surface area contributed by atoms with Crippen molar-refractivity contribution in [2.75, 3.05) is 23.9 Å². The molecule has 2 amide bonds. The van der Waals surface area contributed by atoms with Gasteiger partial charge in [0.1, 0.15) is 18.4 Å². The summed E-state index contributed by atoms with van der Waals surface area (Å²) in [5.74, 6) is -1.33. The molecule has 0 heterocycles. The highest BCUT2D eigenvalue weighted by molar-refractivity contribution is 7.92. The van der Waals surface area contributed by atoms with Gasteiger partial charge in [-0.05, 0) is 61.2 Å².